The zero-order valence-corrected chi connectivity index (χ0v) is 19.1. The molecule has 1 fully saturated rings. The van der Waals surface area contributed by atoms with Gasteiger partial charge in [-0.1, -0.05) is 29.3 Å². The summed E-state index contributed by atoms with van der Waals surface area (Å²) >= 11 is 7.73. The first-order valence-corrected chi connectivity index (χ1v) is 12.8. The maximum atomic E-state index is 12.6. The van der Waals surface area contributed by atoms with Gasteiger partial charge in [0.15, 0.2) is 9.84 Å². The molecule has 1 saturated heterocycles. The van der Waals surface area contributed by atoms with E-state index >= 15 is 0 Å². The number of likely N-dealkylation sites (tertiary alicyclic amines) is 1. The molecule has 1 aliphatic heterocycles. The van der Waals surface area contributed by atoms with E-state index in [0.29, 0.717) is 24.0 Å². The maximum absolute atomic E-state index is 12.6. The highest BCUT2D eigenvalue weighted by molar-refractivity contribution is 7.91. The van der Waals surface area contributed by atoms with Crippen molar-refractivity contribution in [3.05, 3.63) is 58.1 Å². The minimum absolute atomic E-state index is 0.0144. The molecule has 0 atom stereocenters. The molecule has 8 heteroatoms. The van der Waals surface area contributed by atoms with Gasteiger partial charge in [-0.15, -0.1) is 11.3 Å². The summed E-state index contributed by atoms with van der Waals surface area (Å²) in [5.74, 6) is 0.0646. The third-order valence-electron chi connectivity index (χ3n) is 5.53. The first-order chi connectivity index (χ1) is 14.3. The number of rotatable bonds is 5. The number of nitrogens with zero attached hydrogens (tertiary/aromatic N) is 2. The fourth-order valence-electron chi connectivity index (χ4n) is 3.71. The molecule has 0 unspecified atom stereocenters. The highest BCUT2D eigenvalue weighted by atomic mass is 35.5. The number of fused-ring (bicyclic) bond motifs is 1. The highest BCUT2D eigenvalue weighted by Gasteiger charge is 2.27. The van der Waals surface area contributed by atoms with Gasteiger partial charge in [0.25, 0.3) is 0 Å². The van der Waals surface area contributed by atoms with Crippen LogP contribution in [0.5, 0.6) is 0 Å². The van der Waals surface area contributed by atoms with Gasteiger partial charge in [0.05, 0.1) is 25.9 Å². The van der Waals surface area contributed by atoms with Crippen LogP contribution < -0.4 is 0 Å². The predicted molar refractivity (Wildman–Crippen MR) is 121 cm³/mol. The largest absolute Gasteiger partial charge is 0.343 e. The van der Waals surface area contributed by atoms with Gasteiger partial charge >= 0.3 is 0 Å². The van der Waals surface area contributed by atoms with Crippen molar-refractivity contribution in [1.82, 2.24) is 9.88 Å². The molecule has 5 nitrogen and oxygen atoms in total. The summed E-state index contributed by atoms with van der Waals surface area (Å²) in [4.78, 5) is 19.4. The summed E-state index contributed by atoms with van der Waals surface area (Å²) in [6.45, 7) is 3.17. The lowest BCUT2D eigenvalue weighted by Gasteiger charge is -2.31. The number of halogens is 1. The molecule has 0 spiro atoms. The van der Waals surface area contributed by atoms with E-state index in [1.54, 1.807) is 40.5 Å². The topological polar surface area (TPSA) is 67.3 Å². The second-order valence-electron chi connectivity index (χ2n) is 7.70. The number of piperidine rings is 1. The van der Waals surface area contributed by atoms with Crippen LogP contribution in [-0.2, 0) is 14.6 Å². The fourth-order valence-corrected chi connectivity index (χ4v) is 6.23. The molecule has 3 aromatic rings. The van der Waals surface area contributed by atoms with Crippen LogP contribution >= 0.6 is 22.9 Å². The van der Waals surface area contributed by atoms with Crippen LogP contribution in [0, 0.1) is 6.92 Å². The van der Waals surface area contributed by atoms with Crippen molar-refractivity contribution in [2.45, 2.75) is 37.0 Å². The van der Waals surface area contributed by atoms with E-state index in [-0.39, 0.29) is 23.0 Å². The first kappa shape index (κ1) is 21.3. The Kier molecular flexibility index (Phi) is 6.14. The molecular weight excluding hydrogens is 440 g/mol. The van der Waals surface area contributed by atoms with Crippen LogP contribution in [0.25, 0.3) is 10.2 Å². The third-order valence-corrected chi connectivity index (χ3v) is 8.69. The molecule has 0 aliphatic carbocycles. The summed E-state index contributed by atoms with van der Waals surface area (Å²) in [5.41, 5.74) is 1.92. The molecule has 2 heterocycles. The van der Waals surface area contributed by atoms with Crippen molar-refractivity contribution < 1.29 is 13.2 Å². The number of hydrogen-bond acceptors (Lipinski definition) is 5. The van der Waals surface area contributed by atoms with Crippen molar-refractivity contribution in [3.8, 4) is 0 Å². The van der Waals surface area contributed by atoms with Gasteiger partial charge in [-0.3, -0.25) is 4.79 Å². The minimum atomic E-state index is -3.45. The molecule has 158 valence electrons. The van der Waals surface area contributed by atoms with Gasteiger partial charge in [-0.2, -0.15) is 0 Å². The van der Waals surface area contributed by atoms with Crippen LogP contribution in [0.2, 0.25) is 5.02 Å². The second-order valence-corrected chi connectivity index (χ2v) is 11.3. The Hall–Kier alpha value is -1.96. The molecular formula is C22H23ClN2O3S2. The van der Waals surface area contributed by atoms with Crippen molar-refractivity contribution >= 4 is 48.9 Å². The van der Waals surface area contributed by atoms with E-state index in [1.165, 1.54) is 0 Å². The van der Waals surface area contributed by atoms with Gasteiger partial charge in [0, 0.05) is 30.5 Å². The smallest absolute Gasteiger partial charge is 0.223 e. The van der Waals surface area contributed by atoms with E-state index in [1.807, 2.05) is 25.1 Å². The summed E-state index contributed by atoms with van der Waals surface area (Å²) < 4.78 is 26.1. The quantitative estimate of drug-likeness (QED) is 0.544. The molecule has 4 rings (SSSR count). The van der Waals surface area contributed by atoms with E-state index < -0.39 is 9.84 Å². The number of thiazole rings is 1. The number of sulfone groups is 1. The minimum Gasteiger partial charge on any atom is -0.343 e. The standard InChI is InChI=1S/C22H23ClN2O3S2/c1-15-2-5-18(6-3-15)30(27,28)13-10-21(26)25-11-8-16(9-12-25)22-24-19-14-17(23)4-7-20(19)29-22/h2-7,14,16H,8-13H2,1H3. The van der Waals surface area contributed by atoms with E-state index in [9.17, 15) is 13.2 Å². The second kappa shape index (κ2) is 8.65. The van der Waals surface area contributed by atoms with Crippen LogP contribution in [0.3, 0.4) is 0 Å². The summed E-state index contributed by atoms with van der Waals surface area (Å²) in [7, 11) is -3.45. The SMILES string of the molecule is Cc1ccc(S(=O)(=O)CCC(=O)N2CCC(c3nc4cc(Cl)ccc4s3)CC2)cc1. The Morgan fingerprint density at radius 3 is 2.57 bits per heavy atom. The van der Waals surface area contributed by atoms with Crippen LogP contribution in [0.1, 0.15) is 35.8 Å². The molecule has 1 aromatic heterocycles. The zero-order valence-electron chi connectivity index (χ0n) is 16.7. The third kappa shape index (κ3) is 4.68. The van der Waals surface area contributed by atoms with Crippen molar-refractivity contribution in [1.29, 1.82) is 0 Å². The number of carbonyl (C=O) groups excluding carboxylic acids is 1. The van der Waals surface area contributed by atoms with Crippen molar-refractivity contribution in [2.75, 3.05) is 18.8 Å². The van der Waals surface area contributed by atoms with Gasteiger partial charge < -0.3 is 4.90 Å². The monoisotopic (exact) mass is 462 g/mol. The number of aryl methyl sites for hydroxylation is 1. The molecule has 1 amide bonds. The van der Waals surface area contributed by atoms with E-state index in [4.69, 9.17) is 16.6 Å². The molecule has 1 aliphatic rings. The van der Waals surface area contributed by atoms with Gasteiger partial charge in [-0.25, -0.2) is 13.4 Å². The molecule has 0 bridgehead atoms. The van der Waals surface area contributed by atoms with Gasteiger partial charge in [0.1, 0.15) is 0 Å². The summed E-state index contributed by atoms with van der Waals surface area (Å²) in [6.07, 6.45) is 1.69. The molecule has 30 heavy (non-hydrogen) atoms. The Morgan fingerprint density at radius 1 is 1.17 bits per heavy atom. The van der Waals surface area contributed by atoms with Crippen molar-refractivity contribution in [3.63, 3.8) is 0 Å². The van der Waals surface area contributed by atoms with Crippen LogP contribution in [0.15, 0.2) is 47.4 Å². The maximum Gasteiger partial charge on any atom is 0.223 e. The fraction of sp³-hybridized carbons (Fsp3) is 0.364. The Bertz CT molecular complexity index is 1160. The van der Waals surface area contributed by atoms with Gasteiger partial charge in [-0.05, 0) is 50.1 Å². The van der Waals surface area contributed by atoms with Crippen LogP contribution in [0.4, 0.5) is 0 Å². The van der Waals surface area contributed by atoms with Gasteiger partial charge in [0.2, 0.25) is 5.91 Å². The highest BCUT2D eigenvalue weighted by Crippen LogP contribution is 2.34. The average Bonchev–Trinajstić information content (AvgIpc) is 3.16. The number of amides is 1. The molecule has 0 radical (unpaired) electrons. The first-order valence-electron chi connectivity index (χ1n) is 9.95. The molecule has 0 saturated carbocycles. The Balaban J connectivity index is 1.33. The number of carbonyl (C=O) groups is 1. The predicted octanol–water partition coefficient (Wildman–Crippen LogP) is 4.83. The molecule has 2 aromatic carbocycles. The van der Waals surface area contributed by atoms with Crippen molar-refractivity contribution in [2.24, 2.45) is 0 Å². The number of benzene rings is 2. The lowest BCUT2D eigenvalue weighted by atomic mass is 9.97. The number of hydrogen-bond donors (Lipinski definition) is 0. The Morgan fingerprint density at radius 2 is 1.87 bits per heavy atom. The normalized spacial score (nSPS) is 15.6. The summed E-state index contributed by atoms with van der Waals surface area (Å²) in [5, 5.41) is 1.77. The lowest BCUT2D eigenvalue weighted by Crippen LogP contribution is -2.38. The van der Waals surface area contributed by atoms with Crippen LogP contribution in [-0.4, -0.2) is 43.1 Å². The molecule has 0 N–H and O–H groups in total. The van der Waals surface area contributed by atoms with E-state index in [2.05, 4.69) is 0 Å². The average molecular weight is 463 g/mol. The summed E-state index contributed by atoms with van der Waals surface area (Å²) in [6, 6.07) is 12.5. The zero-order chi connectivity index (χ0) is 21.3. The number of aromatic nitrogens is 1. The Labute approximate surface area is 185 Å². The van der Waals surface area contributed by atoms with E-state index in [0.717, 1.165) is 33.6 Å². The lowest BCUT2D eigenvalue weighted by molar-refractivity contribution is -0.131.